The van der Waals surface area contributed by atoms with Gasteiger partial charge in [-0.15, -0.1) is 0 Å². The molecule has 0 unspecified atom stereocenters. The van der Waals surface area contributed by atoms with Crippen molar-refractivity contribution in [2.24, 2.45) is 5.14 Å². The van der Waals surface area contributed by atoms with Gasteiger partial charge >= 0.3 is 0 Å². The number of rotatable bonds is 3. The molecule has 1 aliphatic rings. The molecule has 1 saturated heterocycles. The molecule has 4 N–H and O–H groups in total. The predicted octanol–water partition coefficient (Wildman–Crippen LogP) is 2.52. The van der Waals surface area contributed by atoms with E-state index in [1.54, 1.807) is 6.20 Å². The second-order valence-electron chi connectivity index (χ2n) is 6.65. The minimum atomic E-state index is 0.0563. The minimum Gasteiger partial charge on any atom is -0.398 e. The van der Waals surface area contributed by atoms with Gasteiger partial charge in [-0.1, -0.05) is 6.07 Å². The minimum absolute atomic E-state index is 0.0563. The highest BCUT2D eigenvalue weighted by atomic mass is 32.2. The summed E-state index contributed by atoms with van der Waals surface area (Å²) >= 11 is 1.20. The van der Waals surface area contributed by atoms with E-state index in [0.29, 0.717) is 18.8 Å². The molecule has 26 heavy (non-hydrogen) atoms. The zero-order chi connectivity index (χ0) is 18.8. The summed E-state index contributed by atoms with van der Waals surface area (Å²) in [7, 11) is 0. The van der Waals surface area contributed by atoms with E-state index in [-0.39, 0.29) is 5.91 Å². The molecule has 1 fully saturated rings. The Labute approximate surface area is 158 Å². The van der Waals surface area contributed by atoms with Crippen molar-refractivity contribution in [1.82, 2.24) is 9.88 Å². The number of hydrogen-bond donors (Lipinski definition) is 2. The molecule has 0 saturated carbocycles. The van der Waals surface area contributed by atoms with E-state index in [4.69, 9.17) is 10.9 Å². The SMILES string of the molecule is Cc1cc(C)c(C(=O)N2CCN(c3ncccc3SN)CC2)c(C)c1N. The lowest BCUT2D eigenvalue weighted by molar-refractivity contribution is 0.0745. The van der Waals surface area contributed by atoms with Gasteiger partial charge < -0.3 is 15.5 Å². The highest BCUT2D eigenvalue weighted by Crippen LogP contribution is 2.28. The molecular formula is C19H25N5OS. The van der Waals surface area contributed by atoms with Crippen LogP contribution in [0.4, 0.5) is 11.5 Å². The second-order valence-corrected chi connectivity index (χ2v) is 7.32. The van der Waals surface area contributed by atoms with Crippen LogP contribution in [0.3, 0.4) is 0 Å². The first kappa shape index (κ1) is 18.5. The first-order valence-electron chi connectivity index (χ1n) is 8.66. The molecule has 1 aromatic heterocycles. The van der Waals surface area contributed by atoms with Gasteiger partial charge in [-0.25, -0.2) is 4.98 Å². The van der Waals surface area contributed by atoms with Crippen molar-refractivity contribution in [2.75, 3.05) is 36.8 Å². The summed E-state index contributed by atoms with van der Waals surface area (Å²) in [5.74, 6) is 0.944. The number of nitrogens with two attached hydrogens (primary N) is 2. The number of benzene rings is 1. The molecule has 1 amide bonds. The van der Waals surface area contributed by atoms with E-state index in [9.17, 15) is 4.79 Å². The van der Waals surface area contributed by atoms with Gasteiger partial charge in [-0.2, -0.15) is 0 Å². The summed E-state index contributed by atoms with van der Waals surface area (Å²) in [6, 6.07) is 5.84. The number of amides is 1. The summed E-state index contributed by atoms with van der Waals surface area (Å²) in [5, 5.41) is 5.74. The number of piperazine rings is 1. The van der Waals surface area contributed by atoms with E-state index >= 15 is 0 Å². The molecule has 0 radical (unpaired) electrons. The third-order valence-corrected chi connectivity index (χ3v) is 5.56. The molecule has 6 nitrogen and oxygen atoms in total. The molecule has 138 valence electrons. The van der Waals surface area contributed by atoms with E-state index in [0.717, 1.165) is 46.1 Å². The van der Waals surface area contributed by atoms with E-state index in [1.165, 1.54) is 11.9 Å². The van der Waals surface area contributed by atoms with Crippen molar-refractivity contribution in [1.29, 1.82) is 0 Å². The summed E-state index contributed by atoms with van der Waals surface area (Å²) in [6.45, 7) is 8.64. The number of nitrogens with zero attached hydrogens (tertiary/aromatic N) is 3. The molecule has 7 heteroatoms. The molecule has 2 heterocycles. The molecule has 1 aromatic carbocycles. The molecule has 0 bridgehead atoms. The second kappa shape index (κ2) is 7.55. The van der Waals surface area contributed by atoms with Gasteiger partial charge in [0.2, 0.25) is 0 Å². The van der Waals surface area contributed by atoms with Gasteiger partial charge in [-0.3, -0.25) is 9.93 Å². The van der Waals surface area contributed by atoms with Crippen LogP contribution >= 0.6 is 11.9 Å². The van der Waals surface area contributed by atoms with Crippen LogP contribution in [0.2, 0.25) is 0 Å². The lowest BCUT2D eigenvalue weighted by atomic mass is 9.96. The molecule has 0 atom stereocenters. The van der Waals surface area contributed by atoms with Crippen LogP contribution in [0.15, 0.2) is 29.3 Å². The van der Waals surface area contributed by atoms with Crippen molar-refractivity contribution in [2.45, 2.75) is 25.7 Å². The number of carbonyl (C=O) groups excluding carboxylic acids is 1. The van der Waals surface area contributed by atoms with Crippen LogP contribution in [-0.4, -0.2) is 42.0 Å². The first-order chi connectivity index (χ1) is 12.4. The molecule has 2 aromatic rings. The lowest BCUT2D eigenvalue weighted by Gasteiger charge is -2.36. The normalized spacial score (nSPS) is 14.6. The van der Waals surface area contributed by atoms with Gasteiger partial charge in [0.05, 0.1) is 4.90 Å². The number of hydrogen-bond acceptors (Lipinski definition) is 6. The van der Waals surface area contributed by atoms with E-state index in [1.807, 2.05) is 43.9 Å². The predicted molar refractivity (Wildman–Crippen MR) is 107 cm³/mol. The van der Waals surface area contributed by atoms with Gasteiger partial charge in [0.15, 0.2) is 0 Å². The average molecular weight is 372 g/mol. The smallest absolute Gasteiger partial charge is 0.254 e. The third kappa shape index (κ3) is 3.37. The zero-order valence-electron chi connectivity index (χ0n) is 15.5. The number of anilines is 2. The lowest BCUT2D eigenvalue weighted by Crippen LogP contribution is -2.49. The molecule has 1 aliphatic heterocycles. The number of nitrogen functional groups attached to an aromatic ring is 1. The van der Waals surface area contributed by atoms with Crippen molar-refractivity contribution < 1.29 is 4.79 Å². The summed E-state index contributed by atoms with van der Waals surface area (Å²) in [4.78, 5) is 22.6. The van der Waals surface area contributed by atoms with Crippen LogP contribution < -0.4 is 15.8 Å². The Bertz CT molecular complexity index is 831. The topological polar surface area (TPSA) is 88.5 Å². The van der Waals surface area contributed by atoms with Gasteiger partial charge in [0, 0.05) is 43.6 Å². The van der Waals surface area contributed by atoms with Gasteiger partial charge in [0.25, 0.3) is 5.91 Å². The average Bonchev–Trinajstić information content (AvgIpc) is 2.66. The summed E-state index contributed by atoms with van der Waals surface area (Å²) < 4.78 is 0. The summed E-state index contributed by atoms with van der Waals surface area (Å²) in [6.07, 6.45) is 1.77. The van der Waals surface area contributed by atoms with Crippen molar-refractivity contribution in [3.8, 4) is 0 Å². The highest BCUT2D eigenvalue weighted by Gasteiger charge is 2.26. The summed E-state index contributed by atoms with van der Waals surface area (Å²) in [5.41, 5.74) is 10.5. The zero-order valence-corrected chi connectivity index (χ0v) is 16.3. The standard InChI is InChI=1S/C19H25N5OS/c1-12-11-13(2)17(20)14(3)16(12)19(25)24-9-7-23(8-10-24)18-15(26-21)5-4-6-22-18/h4-6,11H,7-10,20-21H2,1-3H3. The Hall–Kier alpha value is -2.25. The monoisotopic (exact) mass is 371 g/mol. The van der Waals surface area contributed by atoms with Crippen molar-refractivity contribution >= 4 is 29.4 Å². The maximum absolute atomic E-state index is 13.1. The van der Waals surface area contributed by atoms with Gasteiger partial charge in [0.1, 0.15) is 5.82 Å². The van der Waals surface area contributed by atoms with Crippen LogP contribution in [0, 0.1) is 20.8 Å². The molecule has 0 aliphatic carbocycles. The van der Waals surface area contributed by atoms with Crippen LogP contribution in [-0.2, 0) is 0 Å². The largest absolute Gasteiger partial charge is 0.398 e. The Morgan fingerprint density at radius 2 is 1.85 bits per heavy atom. The van der Waals surface area contributed by atoms with Crippen LogP contribution in [0.1, 0.15) is 27.0 Å². The maximum atomic E-state index is 13.1. The fourth-order valence-corrected chi connectivity index (χ4v) is 3.97. The van der Waals surface area contributed by atoms with Crippen molar-refractivity contribution in [3.05, 3.63) is 46.6 Å². The molecular weight excluding hydrogens is 346 g/mol. The Morgan fingerprint density at radius 1 is 1.15 bits per heavy atom. The maximum Gasteiger partial charge on any atom is 0.254 e. The number of aromatic nitrogens is 1. The van der Waals surface area contributed by atoms with Gasteiger partial charge in [-0.05, 0) is 61.5 Å². The number of pyridine rings is 1. The van der Waals surface area contributed by atoms with E-state index in [2.05, 4.69) is 9.88 Å². The van der Waals surface area contributed by atoms with Crippen LogP contribution in [0.5, 0.6) is 0 Å². The fraction of sp³-hybridized carbons (Fsp3) is 0.368. The Balaban J connectivity index is 1.77. The quantitative estimate of drug-likeness (QED) is 0.637. The third-order valence-electron chi connectivity index (χ3n) is 4.99. The van der Waals surface area contributed by atoms with Crippen molar-refractivity contribution in [3.63, 3.8) is 0 Å². The number of aryl methyl sites for hydroxylation is 2. The Morgan fingerprint density at radius 3 is 2.50 bits per heavy atom. The highest BCUT2D eigenvalue weighted by molar-refractivity contribution is 7.97. The molecule has 3 rings (SSSR count). The molecule has 0 spiro atoms. The first-order valence-corrected chi connectivity index (χ1v) is 9.54. The fourth-order valence-electron chi connectivity index (χ4n) is 3.52. The van der Waals surface area contributed by atoms with E-state index < -0.39 is 0 Å². The number of carbonyl (C=O) groups is 1. The Kier molecular flexibility index (Phi) is 5.38. The van der Waals surface area contributed by atoms with Crippen LogP contribution in [0.25, 0.3) is 0 Å².